The lowest BCUT2D eigenvalue weighted by atomic mass is 10.2. The molecule has 2 heterocycles. The standard InChI is InChI=1S/C12H14N4O3/c1-7-3-10(17)16(14-5-7)6-9-4-8(2)11(19-9)12(18)15-13/h3-5H,6,13H2,1-2H3,(H,15,18). The van der Waals surface area contributed by atoms with Gasteiger partial charge < -0.3 is 4.42 Å². The summed E-state index contributed by atoms with van der Waals surface area (Å²) >= 11 is 0. The van der Waals surface area contributed by atoms with Crippen LogP contribution in [0.3, 0.4) is 0 Å². The quantitative estimate of drug-likeness (QED) is 0.464. The smallest absolute Gasteiger partial charge is 0.301 e. The minimum atomic E-state index is -0.507. The molecule has 0 saturated heterocycles. The van der Waals surface area contributed by atoms with Crippen LogP contribution in [0, 0.1) is 13.8 Å². The number of carbonyl (C=O) groups is 1. The molecule has 7 heteroatoms. The van der Waals surface area contributed by atoms with Crippen molar-refractivity contribution in [2.45, 2.75) is 20.4 Å². The van der Waals surface area contributed by atoms with Gasteiger partial charge in [0.1, 0.15) is 12.3 Å². The van der Waals surface area contributed by atoms with E-state index in [2.05, 4.69) is 5.10 Å². The molecule has 0 unspecified atom stereocenters. The van der Waals surface area contributed by atoms with Gasteiger partial charge in [-0.1, -0.05) is 0 Å². The predicted molar refractivity (Wildman–Crippen MR) is 67.4 cm³/mol. The number of hydrazine groups is 1. The molecule has 0 spiro atoms. The minimum Gasteiger partial charge on any atom is -0.454 e. The summed E-state index contributed by atoms with van der Waals surface area (Å²) in [6.07, 6.45) is 1.59. The third-order valence-electron chi connectivity index (χ3n) is 2.62. The summed E-state index contributed by atoms with van der Waals surface area (Å²) in [7, 11) is 0. The molecule has 2 rings (SSSR count). The second-order valence-corrected chi connectivity index (χ2v) is 4.23. The Morgan fingerprint density at radius 3 is 2.84 bits per heavy atom. The number of nitrogens with zero attached hydrogens (tertiary/aromatic N) is 2. The van der Waals surface area contributed by atoms with Gasteiger partial charge in [0.2, 0.25) is 0 Å². The number of amides is 1. The highest BCUT2D eigenvalue weighted by Crippen LogP contribution is 2.14. The van der Waals surface area contributed by atoms with Crippen LogP contribution in [0.15, 0.2) is 27.5 Å². The molecule has 0 saturated carbocycles. The van der Waals surface area contributed by atoms with Crippen LogP contribution in [0.4, 0.5) is 0 Å². The number of aryl methyl sites for hydroxylation is 2. The first-order chi connectivity index (χ1) is 9.01. The summed E-state index contributed by atoms with van der Waals surface area (Å²) in [4.78, 5) is 23.1. The number of furan rings is 1. The van der Waals surface area contributed by atoms with E-state index in [0.717, 1.165) is 5.56 Å². The molecule has 0 atom stereocenters. The van der Waals surface area contributed by atoms with E-state index in [1.165, 1.54) is 10.7 Å². The molecule has 0 bridgehead atoms. The van der Waals surface area contributed by atoms with Gasteiger partial charge in [-0.05, 0) is 25.5 Å². The van der Waals surface area contributed by atoms with Gasteiger partial charge in [0, 0.05) is 11.6 Å². The van der Waals surface area contributed by atoms with E-state index >= 15 is 0 Å². The first-order valence-electron chi connectivity index (χ1n) is 5.65. The Balaban J connectivity index is 2.29. The van der Waals surface area contributed by atoms with E-state index in [-0.39, 0.29) is 17.9 Å². The van der Waals surface area contributed by atoms with E-state index in [1.807, 2.05) is 5.43 Å². The fourth-order valence-electron chi connectivity index (χ4n) is 1.71. The first kappa shape index (κ1) is 13.0. The summed E-state index contributed by atoms with van der Waals surface area (Å²) < 4.78 is 6.62. The van der Waals surface area contributed by atoms with E-state index < -0.39 is 5.91 Å². The van der Waals surface area contributed by atoms with Crippen LogP contribution >= 0.6 is 0 Å². The molecular formula is C12H14N4O3. The van der Waals surface area contributed by atoms with Crippen molar-refractivity contribution in [2.24, 2.45) is 5.84 Å². The first-order valence-corrected chi connectivity index (χ1v) is 5.65. The highest BCUT2D eigenvalue weighted by atomic mass is 16.4. The maximum absolute atomic E-state index is 11.7. The van der Waals surface area contributed by atoms with E-state index in [4.69, 9.17) is 10.3 Å². The van der Waals surface area contributed by atoms with Crippen LogP contribution in [0.5, 0.6) is 0 Å². The summed E-state index contributed by atoms with van der Waals surface area (Å²) in [6.45, 7) is 3.68. The average Bonchev–Trinajstić information content (AvgIpc) is 2.73. The number of carbonyl (C=O) groups excluding carboxylic acids is 1. The lowest BCUT2D eigenvalue weighted by Crippen LogP contribution is -2.30. The molecule has 19 heavy (non-hydrogen) atoms. The number of hydrogen-bond donors (Lipinski definition) is 2. The van der Waals surface area contributed by atoms with Crippen LogP contribution in [0.25, 0.3) is 0 Å². The molecule has 0 aliphatic heterocycles. The van der Waals surface area contributed by atoms with Crippen molar-refractivity contribution in [3.8, 4) is 0 Å². The molecule has 7 nitrogen and oxygen atoms in total. The second-order valence-electron chi connectivity index (χ2n) is 4.23. The second kappa shape index (κ2) is 5.07. The molecule has 100 valence electrons. The van der Waals surface area contributed by atoms with E-state index in [9.17, 15) is 9.59 Å². The molecule has 3 N–H and O–H groups in total. The Labute approximate surface area is 109 Å². The normalized spacial score (nSPS) is 10.5. The largest absolute Gasteiger partial charge is 0.454 e. The Morgan fingerprint density at radius 1 is 1.47 bits per heavy atom. The molecule has 2 aromatic heterocycles. The maximum atomic E-state index is 11.7. The number of nitrogens with two attached hydrogens (primary N) is 1. The Kier molecular flexibility index (Phi) is 3.48. The van der Waals surface area contributed by atoms with Gasteiger partial charge in [-0.2, -0.15) is 5.10 Å². The third-order valence-corrected chi connectivity index (χ3v) is 2.62. The maximum Gasteiger partial charge on any atom is 0.301 e. The fraction of sp³-hybridized carbons (Fsp3) is 0.250. The van der Waals surface area contributed by atoms with E-state index in [1.54, 1.807) is 26.1 Å². The lowest BCUT2D eigenvalue weighted by molar-refractivity contribution is 0.0923. The van der Waals surface area contributed by atoms with Crippen LogP contribution < -0.4 is 16.8 Å². The molecule has 0 radical (unpaired) electrons. The summed E-state index contributed by atoms with van der Waals surface area (Å²) in [5.41, 5.74) is 3.22. The average molecular weight is 262 g/mol. The van der Waals surface area contributed by atoms with Gasteiger partial charge in [-0.15, -0.1) is 0 Å². The van der Waals surface area contributed by atoms with Crippen LogP contribution in [-0.2, 0) is 6.54 Å². The van der Waals surface area contributed by atoms with Gasteiger partial charge in [-0.3, -0.25) is 15.0 Å². The number of nitrogens with one attached hydrogen (secondary N) is 1. The van der Waals surface area contributed by atoms with Gasteiger partial charge in [-0.25, -0.2) is 10.5 Å². The molecule has 0 aliphatic carbocycles. The van der Waals surface area contributed by atoms with Crippen molar-refractivity contribution < 1.29 is 9.21 Å². The molecule has 0 aromatic carbocycles. The summed E-state index contributed by atoms with van der Waals surface area (Å²) in [5, 5.41) is 4.00. The molecule has 1 amide bonds. The lowest BCUT2D eigenvalue weighted by Gasteiger charge is -2.01. The van der Waals surface area contributed by atoms with Crippen molar-refractivity contribution in [3.05, 3.63) is 51.3 Å². The van der Waals surface area contributed by atoms with Crippen molar-refractivity contribution in [1.29, 1.82) is 0 Å². The molecular weight excluding hydrogens is 248 g/mol. The SMILES string of the molecule is Cc1cnn(Cc2cc(C)c(C(=O)NN)o2)c(=O)c1. The van der Waals surface area contributed by atoms with Crippen LogP contribution in [-0.4, -0.2) is 15.7 Å². The topological polar surface area (TPSA) is 103 Å². The van der Waals surface area contributed by atoms with E-state index in [0.29, 0.717) is 11.3 Å². The number of hydrogen-bond acceptors (Lipinski definition) is 5. The third kappa shape index (κ3) is 2.71. The molecule has 0 fully saturated rings. The van der Waals surface area contributed by atoms with Crippen LogP contribution in [0.2, 0.25) is 0 Å². The zero-order valence-corrected chi connectivity index (χ0v) is 10.6. The number of aromatic nitrogens is 2. The zero-order valence-electron chi connectivity index (χ0n) is 10.6. The van der Waals surface area contributed by atoms with Crippen molar-refractivity contribution in [3.63, 3.8) is 0 Å². The highest BCUT2D eigenvalue weighted by Gasteiger charge is 2.15. The Morgan fingerprint density at radius 2 is 2.21 bits per heavy atom. The van der Waals surface area contributed by atoms with Crippen molar-refractivity contribution >= 4 is 5.91 Å². The van der Waals surface area contributed by atoms with Crippen LogP contribution in [0.1, 0.15) is 27.4 Å². The Hall–Kier alpha value is -2.41. The highest BCUT2D eigenvalue weighted by molar-refractivity contribution is 5.92. The van der Waals surface area contributed by atoms with Crippen molar-refractivity contribution in [2.75, 3.05) is 0 Å². The number of rotatable bonds is 3. The number of nitrogen functional groups attached to an aromatic ring is 1. The zero-order chi connectivity index (χ0) is 14.0. The van der Waals surface area contributed by atoms with Gasteiger partial charge in [0.25, 0.3) is 5.56 Å². The fourth-order valence-corrected chi connectivity index (χ4v) is 1.71. The van der Waals surface area contributed by atoms with Gasteiger partial charge in [0.05, 0.1) is 6.20 Å². The summed E-state index contributed by atoms with van der Waals surface area (Å²) in [5.74, 6) is 5.15. The van der Waals surface area contributed by atoms with Gasteiger partial charge in [0.15, 0.2) is 5.76 Å². The molecule has 0 aliphatic rings. The molecule has 2 aromatic rings. The van der Waals surface area contributed by atoms with Crippen molar-refractivity contribution in [1.82, 2.24) is 15.2 Å². The van der Waals surface area contributed by atoms with Gasteiger partial charge >= 0.3 is 5.91 Å². The Bertz CT molecular complexity index is 672. The summed E-state index contributed by atoms with van der Waals surface area (Å²) in [6, 6.07) is 3.16. The monoisotopic (exact) mass is 262 g/mol. The minimum absolute atomic E-state index is 0.137. The predicted octanol–water partition coefficient (Wildman–Crippen LogP) is 0.105.